The number of thioether (sulfide) groups is 1. The van der Waals surface area contributed by atoms with Crippen molar-refractivity contribution < 1.29 is 13.2 Å². The van der Waals surface area contributed by atoms with Gasteiger partial charge in [-0.1, -0.05) is 17.7 Å². The lowest BCUT2D eigenvalue weighted by Crippen LogP contribution is -2.16. The molecule has 1 amide bonds. The van der Waals surface area contributed by atoms with Crippen LogP contribution >= 0.6 is 11.8 Å². The summed E-state index contributed by atoms with van der Waals surface area (Å²) in [5, 5.41) is 2.76. The molecule has 0 unspecified atom stereocenters. The molecule has 7 nitrogen and oxygen atoms in total. The second-order valence-corrected chi connectivity index (χ2v) is 9.03. The minimum atomic E-state index is -3.82. The Morgan fingerprint density at radius 2 is 1.69 bits per heavy atom. The van der Waals surface area contributed by atoms with Gasteiger partial charge in [-0.15, -0.1) is 11.8 Å². The van der Waals surface area contributed by atoms with Crippen LogP contribution in [0.1, 0.15) is 11.3 Å². The van der Waals surface area contributed by atoms with Gasteiger partial charge in [0.15, 0.2) is 0 Å². The monoisotopic (exact) mass is 428 g/mol. The molecular weight excluding hydrogens is 408 g/mol. The first kappa shape index (κ1) is 20.8. The van der Waals surface area contributed by atoms with Gasteiger partial charge in [-0.2, -0.15) is 0 Å². The maximum absolute atomic E-state index is 12.4. The van der Waals surface area contributed by atoms with Crippen LogP contribution in [0.4, 0.5) is 11.6 Å². The van der Waals surface area contributed by atoms with E-state index in [4.69, 9.17) is 0 Å². The highest BCUT2D eigenvalue weighted by Gasteiger charge is 2.16. The summed E-state index contributed by atoms with van der Waals surface area (Å²) in [5.74, 6) is 0.100. The van der Waals surface area contributed by atoms with Crippen LogP contribution in [0.2, 0.25) is 0 Å². The van der Waals surface area contributed by atoms with E-state index in [-0.39, 0.29) is 22.5 Å². The highest BCUT2D eigenvalue weighted by Crippen LogP contribution is 2.20. The maximum atomic E-state index is 12.4. The number of benzene rings is 2. The predicted molar refractivity (Wildman–Crippen MR) is 115 cm³/mol. The van der Waals surface area contributed by atoms with Gasteiger partial charge in [0.2, 0.25) is 11.9 Å². The second-order valence-electron chi connectivity index (χ2n) is 6.30. The molecule has 3 aromatic rings. The zero-order chi connectivity index (χ0) is 20.9. The van der Waals surface area contributed by atoms with E-state index in [1.807, 2.05) is 31.2 Å². The van der Waals surface area contributed by atoms with Gasteiger partial charge >= 0.3 is 0 Å². The van der Waals surface area contributed by atoms with Crippen molar-refractivity contribution in [1.82, 2.24) is 9.97 Å². The van der Waals surface area contributed by atoms with Gasteiger partial charge in [0.05, 0.1) is 10.6 Å². The molecule has 0 fully saturated rings. The number of rotatable bonds is 7. The van der Waals surface area contributed by atoms with E-state index in [2.05, 4.69) is 20.0 Å². The van der Waals surface area contributed by atoms with Crippen molar-refractivity contribution >= 4 is 39.3 Å². The van der Waals surface area contributed by atoms with Crippen LogP contribution in [0.25, 0.3) is 0 Å². The van der Waals surface area contributed by atoms with Crippen LogP contribution in [0.3, 0.4) is 0 Å². The fraction of sp³-hybridized carbons (Fsp3) is 0.150. The smallest absolute Gasteiger partial charge is 0.264 e. The van der Waals surface area contributed by atoms with Gasteiger partial charge < -0.3 is 5.32 Å². The molecule has 0 aliphatic carbocycles. The van der Waals surface area contributed by atoms with E-state index in [0.717, 1.165) is 10.5 Å². The van der Waals surface area contributed by atoms with E-state index in [1.165, 1.54) is 30.1 Å². The normalized spacial score (nSPS) is 11.1. The predicted octanol–water partition coefficient (Wildman–Crippen LogP) is 3.63. The van der Waals surface area contributed by atoms with Crippen LogP contribution in [-0.4, -0.2) is 30.0 Å². The highest BCUT2D eigenvalue weighted by molar-refractivity contribution is 8.00. The number of aryl methyl sites for hydroxylation is 2. The molecular formula is C20H20N4O3S2. The summed E-state index contributed by atoms with van der Waals surface area (Å²) >= 11 is 1.43. The van der Waals surface area contributed by atoms with Crippen LogP contribution in [0, 0.1) is 13.8 Å². The molecule has 0 radical (unpaired) electrons. The lowest BCUT2D eigenvalue weighted by molar-refractivity contribution is -0.113. The van der Waals surface area contributed by atoms with E-state index >= 15 is 0 Å². The third-order valence-electron chi connectivity index (χ3n) is 3.86. The third kappa shape index (κ3) is 6.03. The fourth-order valence-corrected chi connectivity index (χ4v) is 4.02. The van der Waals surface area contributed by atoms with Gasteiger partial charge in [-0.3, -0.25) is 4.79 Å². The molecule has 0 atom stereocenters. The van der Waals surface area contributed by atoms with Gasteiger partial charge in [0.25, 0.3) is 10.0 Å². The minimum absolute atomic E-state index is 0.00973. The average molecular weight is 429 g/mol. The number of nitrogens with one attached hydrogen (secondary N) is 2. The van der Waals surface area contributed by atoms with Crippen molar-refractivity contribution in [2.75, 3.05) is 15.8 Å². The highest BCUT2D eigenvalue weighted by atomic mass is 32.2. The SMILES string of the molecule is Cc1ccc(SCC(=O)Nc2ccc(S(=O)(=O)Nc3nccc(C)n3)cc2)cc1. The van der Waals surface area contributed by atoms with Crippen LogP contribution in [-0.2, 0) is 14.8 Å². The summed E-state index contributed by atoms with van der Waals surface area (Å²) in [4.78, 5) is 21.1. The first-order valence-electron chi connectivity index (χ1n) is 8.74. The molecule has 2 aromatic carbocycles. The van der Waals surface area contributed by atoms with Gasteiger partial charge in [0, 0.05) is 22.5 Å². The number of hydrogen-bond acceptors (Lipinski definition) is 6. The number of carbonyl (C=O) groups is 1. The molecule has 9 heteroatoms. The first-order chi connectivity index (χ1) is 13.8. The Balaban J connectivity index is 1.58. The molecule has 0 bridgehead atoms. The van der Waals surface area contributed by atoms with Crippen LogP contribution in [0.15, 0.2) is 70.6 Å². The number of hydrogen-bond donors (Lipinski definition) is 2. The summed E-state index contributed by atoms with van der Waals surface area (Å²) in [6.45, 7) is 3.75. The first-order valence-corrected chi connectivity index (χ1v) is 11.2. The molecule has 1 aromatic heterocycles. The number of aromatic nitrogens is 2. The maximum Gasteiger partial charge on any atom is 0.264 e. The Hall–Kier alpha value is -2.91. The molecule has 2 N–H and O–H groups in total. The van der Waals surface area contributed by atoms with E-state index < -0.39 is 10.0 Å². The quantitative estimate of drug-likeness (QED) is 0.558. The average Bonchev–Trinajstić information content (AvgIpc) is 2.68. The number of carbonyl (C=O) groups excluding carboxylic acids is 1. The van der Waals surface area contributed by atoms with E-state index in [9.17, 15) is 13.2 Å². The van der Waals surface area contributed by atoms with Crippen molar-refractivity contribution in [2.45, 2.75) is 23.6 Å². The molecule has 0 aliphatic heterocycles. The molecule has 0 aliphatic rings. The zero-order valence-electron chi connectivity index (χ0n) is 15.9. The van der Waals surface area contributed by atoms with Crippen molar-refractivity contribution in [1.29, 1.82) is 0 Å². The Labute approximate surface area is 174 Å². The molecule has 0 saturated heterocycles. The summed E-state index contributed by atoms with van der Waals surface area (Å²) in [6, 6.07) is 15.5. The Morgan fingerprint density at radius 3 is 2.34 bits per heavy atom. The molecule has 0 spiro atoms. The molecule has 150 valence electrons. The molecule has 29 heavy (non-hydrogen) atoms. The second kappa shape index (κ2) is 9.06. The van der Waals surface area contributed by atoms with Crippen LogP contribution in [0.5, 0.6) is 0 Å². The molecule has 0 saturated carbocycles. The molecule has 3 rings (SSSR count). The number of amides is 1. The van der Waals surface area contributed by atoms with Crippen molar-refractivity contribution in [3.8, 4) is 0 Å². The number of nitrogens with zero attached hydrogens (tertiary/aromatic N) is 2. The lowest BCUT2D eigenvalue weighted by Gasteiger charge is -2.09. The van der Waals surface area contributed by atoms with Gasteiger partial charge in [-0.25, -0.2) is 23.1 Å². The minimum Gasteiger partial charge on any atom is -0.325 e. The van der Waals surface area contributed by atoms with Crippen molar-refractivity contribution in [2.24, 2.45) is 0 Å². The van der Waals surface area contributed by atoms with Gasteiger partial charge in [0.1, 0.15) is 0 Å². The largest absolute Gasteiger partial charge is 0.325 e. The lowest BCUT2D eigenvalue weighted by atomic mass is 10.2. The summed E-state index contributed by atoms with van der Waals surface area (Å²) in [5.41, 5.74) is 2.34. The topological polar surface area (TPSA) is 101 Å². The van der Waals surface area contributed by atoms with E-state index in [0.29, 0.717) is 11.4 Å². The Kier molecular flexibility index (Phi) is 6.50. The van der Waals surface area contributed by atoms with Crippen LogP contribution < -0.4 is 10.0 Å². The fourth-order valence-electron chi connectivity index (χ4n) is 2.38. The van der Waals surface area contributed by atoms with Crippen molar-refractivity contribution in [3.05, 3.63) is 72.1 Å². The summed E-state index contributed by atoms with van der Waals surface area (Å²) in [6.07, 6.45) is 1.48. The summed E-state index contributed by atoms with van der Waals surface area (Å²) < 4.78 is 27.2. The molecule has 1 heterocycles. The van der Waals surface area contributed by atoms with Gasteiger partial charge in [-0.05, 0) is 56.3 Å². The Bertz CT molecular complexity index is 1100. The Morgan fingerprint density at radius 1 is 1.00 bits per heavy atom. The number of sulfonamides is 1. The van der Waals surface area contributed by atoms with E-state index in [1.54, 1.807) is 25.1 Å². The summed E-state index contributed by atoms with van der Waals surface area (Å²) in [7, 11) is -3.82. The third-order valence-corrected chi connectivity index (χ3v) is 6.22. The number of anilines is 2. The zero-order valence-corrected chi connectivity index (χ0v) is 17.5. The standard InChI is InChI=1S/C20H20N4O3S2/c1-14-3-7-17(8-4-14)28-13-19(25)23-16-5-9-18(10-6-16)29(26,27)24-20-21-12-11-15(2)22-20/h3-12H,13H2,1-2H3,(H,23,25)(H,21,22,24). The van der Waals surface area contributed by atoms with Crippen molar-refractivity contribution in [3.63, 3.8) is 0 Å².